The maximum Gasteiger partial charge on any atom is 0.188 e. The van der Waals surface area contributed by atoms with Crippen LogP contribution in [0.2, 0.25) is 0 Å². The third kappa shape index (κ3) is 4.78. The molecule has 0 spiro atoms. The van der Waals surface area contributed by atoms with E-state index in [-0.39, 0.29) is 5.54 Å². The molecule has 1 aromatic carbocycles. The molecule has 0 radical (unpaired) electrons. The molecular formula is C15H25N3. The van der Waals surface area contributed by atoms with E-state index in [4.69, 9.17) is 5.73 Å². The quantitative estimate of drug-likeness (QED) is 0.637. The van der Waals surface area contributed by atoms with E-state index in [1.165, 1.54) is 16.7 Å². The predicted molar refractivity (Wildman–Crippen MR) is 79.0 cm³/mol. The van der Waals surface area contributed by atoms with Crippen molar-refractivity contribution >= 4 is 5.96 Å². The molecule has 1 aromatic rings. The zero-order valence-electron chi connectivity index (χ0n) is 12.2. The van der Waals surface area contributed by atoms with Crippen LogP contribution < -0.4 is 11.1 Å². The van der Waals surface area contributed by atoms with Crippen LogP contribution in [0.1, 0.15) is 37.5 Å². The molecule has 100 valence electrons. The summed E-state index contributed by atoms with van der Waals surface area (Å²) in [4.78, 5) is 4.37. The van der Waals surface area contributed by atoms with Gasteiger partial charge in [0.2, 0.25) is 0 Å². The molecule has 18 heavy (non-hydrogen) atoms. The highest BCUT2D eigenvalue weighted by atomic mass is 15.1. The maximum absolute atomic E-state index is 5.84. The zero-order chi connectivity index (χ0) is 13.8. The van der Waals surface area contributed by atoms with E-state index in [1.807, 2.05) is 0 Å². The predicted octanol–water partition coefficient (Wildman–Crippen LogP) is 2.55. The lowest BCUT2D eigenvalue weighted by Gasteiger charge is -2.21. The van der Waals surface area contributed by atoms with Gasteiger partial charge in [0, 0.05) is 12.1 Å². The summed E-state index contributed by atoms with van der Waals surface area (Å²) in [7, 11) is 0. The highest BCUT2D eigenvalue weighted by molar-refractivity contribution is 5.78. The monoisotopic (exact) mass is 247 g/mol. The summed E-state index contributed by atoms with van der Waals surface area (Å²) in [5, 5.41) is 3.16. The van der Waals surface area contributed by atoms with Crippen molar-refractivity contribution < 1.29 is 0 Å². The summed E-state index contributed by atoms with van der Waals surface area (Å²) < 4.78 is 0. The van der Waals surface area contributed by atoms with Gasteiger partial charge in [-0.1, -0.05) is 18.2 Å². The first-order chi connectivity index (χ1) is 8.29. The molecule has 3 N–H and O–H groups in total. The molecular weight excluding hydrogens is 222 g/mol. The van der Waals surface area contributed by atoms with E-state index in [2.05, 4.69) is 63.1 Å². The molecule has 1 rings (SSSR count). The molecule has 0 fully saturated rings. The lowest BCUT2D eigenvalue weighted by Crippen LogP contribution is -2.45. The average molecular weight is 247 g/mol. The fourth-order valence-electron chi connectivity index (χ4n) is 1.96. The normalized spacial score (nSPS) is 12.6. The Morgan fingerprint density at radius 2 is 1.78 bits per heavy atom. The lowest BCUT2D eigenvalue weighted by molar-refractivity contribution is 0.508. The molecule has 0 aliphatic carbocycles. The van der Waals surface area contributed by atoms with Gasteiger partial charge in [-0.05, 0) is 57.7 Å². The van der Waals surface area contributed by atoms with Crippen molar-refractivity contribution in [2.45, 2.75) is 46.6 Å². The van der Waals surface area contributed by atoms with Gasteiger partial charge in [0.15, 0.2) is 5.96 Å². The molecule has 0 saturated carbocycles. The molecule has 0 aromatic heterocycles. The number of aryl methyl sites for hydroxylation is 2. The van der Waals surface area contributed by atoms with Gasteiger partial charge in [-0.15, -0.1) is 0 Å². The number of nitrogens with two attached hydrogens (primary N) is 1. The summed E-state index contributed by atoms with van der Waals surface area (Å²) in [6.07, 6.45) is 0.936. The van der Waals surface area contributed by atoms with Crippen LogP contribution in [0.15, 0.2) is 23.2 Å². The van der Waals surface area contributed by atoms with Gasteiger partial charge in [0.1, 0.15) is 0 Å². The van der Waals surface area contributed by atoms with Crippen LogP contribution in [0.5, 0.6) is 0 Å². The van der Waals surface area contributed by atoms with Gasteiger partial charge in [-0.3, -0.25) is 4.99 Å². The SMILES string of the molecule is Cc1cccc(C)c1CCN=C(N)NC(C)(C)C. The minimum absolute atomic E-state index is 0.0356. The summed E-state index contributed by atoms with van der Waals surface area (Å²) in [5.41, 5.74) is 9.84. The lowest BCUT2D eigenvalue weighted by atomic mass is 10.0. The van der Waals surface area contributed by atoms with Gasteiger partial charge >= 0.3 is 0 Å². The fraction of sp³-hybridized carbons (Fsp3) is 0.533. The Morgan fingerprint density at radius 3 is 2.28 bits per heavy atom. The summed E-state index contributed by atoms with van der Waals surface area (Å²) >= 11 is 0. The van der Waals surface area contributed by atoms with Crippen LogP contribution in [-0.4, -0.2) is 18.0 Å². The fourth-order valence-corrected chi connectivity index (χ4v) is 1.96. The molecule has 0 atom stereocenters. The Labute approximate surface area is 111 Å². The van der Waals surface area contributed by atoms with Crippen LogP contribution in [0.4, 0.5) is 0 Å². The maximum atomic E-state index is 5.84. The second-order valence-electron chi connectivity index (χ2n) is 5.76. The standard InChI is InChI=1S/C15H25N3/c1-11-7-6-8-12(2)13(11)9-10-17-14(16)18-15(3,4)5/h6-8H,9-10H2,1-5H3,(H3,16,17,18). The Kier molecular flexibility index (Phi) is 4.76. The second-order valence-corrected chi connectivity index (χ2v) is 5.76. The number of hydrogen-bond acceptors (Lipinski definition) is 1. The molecule has 0 unspecified atom stereocenters. The van der Waals surface area contributed by atoms with Crippen LogP contribution >= 0.6 is 0 Å². The van der Waals surface area contributed by atoms with Crippen molar-refractivity contribution in [3.05, 3.63) is 34.9 Å². The molecule has 0 aliphatic rings. The van der Waals surface area contributed by atoms with Crippen molar-refractivity contribution in [1.29, 1.82) is 0 Å². The summed E-state index contributed by atoms with van der Waals surface area (Å²) in [5.74, 6) is 0.522. The molecule has 0 bridgehead atoms. The van der Waals surface area contributed by atoms with Crippen molar-refractivity contribution in [2.75, 3.05) is 6.54 Å². The number of benzene rings is 1. The van der Waals surface area contributed by atoms with Crippen LogP contribution in [0.25, 0.3) is 0 Å². The Morgan fingerprint density at radius 1 is 1.22 bits per heavy atom. The first-order valence-electron chi connectivity index (χ1n) is 6.43. The molecule has 0 amide bonds. The Hall–Kier alpha value is -1.51. The average Bonchev–Trinajstić information content (AvgIpc) is 2.19. The van der Waals surface area contributed by atoms with Crippen molar-refractivity contribution in [2.24, 2.45) is 10.7 Å². The van der Waals surface area contributed by atoms with E-state index in [1.54, 1.807) is 0 Å². The van der Waals surface area contributed by atoms with E-state index in [0.29, 0.717) is 5.96 Å². The number of nitrogens with zero attached hydrogens (tertiary/aromatic N) is 1. The van der Waals surface area contributed by atoms with Crippen LogP contribution in [0.3, 0.4) is 0 Å². The molecule has 0 aliphatic heterocycles. The van der Waals surface area contributed by atoms with E-state index < -0.39 is 0 Å². The van der Waals surface area contributed by atoms with Gasteiger partial charge in [0.25, 0.3) is 0 Å². The van der Waals surface area contributed by atoms with Gasteiger partial charge in [-0.25, -0.2) is 0 Å². The number of nitrogens with one attached hydrogen (secondary N) is 1. The number of rotatable bonds is 3. The minimum Gasteiger partial charge on any atom is -0.370 e. The Bertz CT molecular complexity index is 408. The van der Waals surface area contributed by atoms with E-state index >= 15 is 0 Å². The van der Waals surface area contributed by atoms with Crippen LogP contribution in [0, 0.1) is 13.8 Å². The first-order valence-corrected chi connectivity index (χ1v) is 6.43. The molecule has 0 heterocycles. The largest absolute Gasteiger partial charge is 0.370 e. The van der Waals surface area contributed by atoms with Crippen molar-refractivity contribution in [1.82, 2.24) is 5.32 Å². The summed E-state index contributed by atoms with van der Waals surface area (Å²) in [6, 6.07) is 6.37. The van der Waals surface area contributed by atoms with Crippen molar-refractivity contribution in [3.63, 3.8) is 0 Å². The zero-order valence-corrected chi connectivity index (χ0v) is 12.2. The number of aliphatic imine (C=N–C) groups is 1. The smallest absolute Gasteiger partial charge is 0.188 e. The number of guanidine groups is 1. The van der Waals surface area contributed by atoms with Gasteiger partial charge < -0.3 is 11.1 Å². The van der Waals surface area contributed by atoms with Crippen LogP contribution in [-0.2, 0) is 6.42 Å². The van der Waals surface area contributed by atoms with Gasteiger partial charge in [-0.2, -0.15) is 0 Å². The van der Waals surface area contributed by atoms with E-state index in [9.17, 15) is 0 Å². The highest BCUT2D eigenvalue weighted by Gasteiger charge is 2.09. The highest BCUT2D eigenvalue weighted by Crippen LogP contribution is 2.13. The minimum atomic E-state index is -0.0356. The van der Waals surface area contributed by atoms with Gasteiger partial charge in [0.05, 0.1) is 0 Å². The molecule has 0 saturated heterocycles. The molecule has 3 nitrogen and oxygen atoms in total. The molecule has 3 heteroatoms. The second kappa shape index (κ2) is 5.89. The van der Waals surface area contributed by atoms with Crippen molar-refractivity contribution in [3.8, 4) is 0 Å². The van der Waals surface area contributed by atoms with E-state index in [0.717, 1.165) is 13.0 Å². The summed E-state index contributed by atoms with van der Waals surface area (Å²) in [6.45, 7) is 11.2. The third-order valence-corrected chi connectivity index (χ3v) is 2.79. The first kappa shape index (κ1) is 14.6. The number of hydrogen-bond donors (Lipinski definition) is 2. The topological polar surface area (TPSA) is 50.4 Å². The third-order valence-electron chi connectivity index (χ3n) is 2.79. The Balaban J connectivity index is 2.59.